The molecule has 0 aliphatic carbocycles. The van der Waals surface area contributed by atoms with Crippen LogP contribution in [0.1, 0.15) is 18.1 Å². The van der Waals surface area contributed by atoms with Crippen molar-refractivity contribution >= 4 is 34.0 Å². The molecule has 0 bridgehead atoms. The molecule has 0 radical (unpaired) electrons. The van der Waals surface area contributed by atoms with Crippen LogP contribution in [0.2, 0.25) is 0 Å². The Labute approximate surface area is 194 Å². The zero-order valence-electron chi connectivity index (χ0n) is 18.9. The molecule has 2 heterocycles. The molecule has 2 amide bonds. The van der Waals surface area contributed by atoms with Gasteiger partial charge < -0.3 is 16.0 Å². The predicted octanol–water partition coefficient (Wildman–Crippen LogP) is 5.22. The maximum absolute atomic E-state index is 14.7. The summed E-state index contributed by atoms with van der Waals surface area (Å²) in [6.45, 7) is 3.58. The van der Waals surface area contributed by atoms with E-state index in [-0.39, 0.29) is 11.2 Å². The standard InChI is InChI=1S/C25H23F2N5O2/c1-4-18-19-10-23(28-3)29-12-15(19)13-32(24(18)33)22-11-21(20(27)9-14(22)2)31-25(34)30-17-7-5-16(26)6-8-17/h5-13,28H,4H2,1-3H3,(H2,30,31,34). The minimum absolute atomic E-state index is 0.103. The van der Waals surface area contributed by atoms with E-state index in [4.69, 9.17) is 0 Å². The third kappa shape index (κ3) is 4.45. The largest absolute Gasteiger partial charge is 0.373 e. The van der Waals surface area contributed by atoms with Crippen LogP contribution >= 0.6 is 0 Å². The quantitative estimate of drug-likeness (QED) is 0.379. The summed E-state index contributed by atoms with van der Waals surface area (Å²) >= 11 is 0. The summed E-state index contributed by atoms with van der Waals surface area (Å²) in [6.07, 6.45) is 3.82. The van der Waals surface area contributed by atoms with E-state index in [1.54, 1.807) is 26.4 Å². The molecule has 4 aromatic rings. The van der Waals surface area contributed by atoms with Crippen LogP contribution in [-0.2, 0) is 6.42 Å². The topological polar surface area (TPSA) is 88.1 Å². The normalized spacial score (nSPS) is 10.9. The number of fused-ring (bicyclic) bond motifs is 1. The van der Waals surface area contributed by atoms with E-state index < -0.39 is 17.7 Å². The van der Waals surface area contributed by atoms with Crippen molar-refractivity contribution in [1.29, 1.82) is 0 Å². The molecule has 4 rings (SSSR count). The van der Waals surface area contributed by atoms with Gasteiger partial charge in [-0.15, -0.1) is 0 Å². The summed E-state index contributed by atoms with van der Waals surface area (Å²) in [7, 11) is 1.75. The zero-order valence-corrected chi connectivity index (χ0v) is 18.9. The molecule has 9 heteroatoms. The third-order valence-corrected chi connectivity index (χ3v) is 5.51. The second-order valence-corrected chi connectivity index (χ2v) is 7.75. The van der Waals surface area contributed by atoms with Crippen molar-refractivity contribution in [2.75, 3.05) is 23.0 Å². The Morgan fingerprint density at radius 1 is 1.09 bits per heavy atom. The Kier molecular flexibility index (Phi) is 6.27. The molecule has 0 aliphatic heterocycles. The van der Waals surface area contributed by atoms with E-state index in [2.05, 4.69) is 20.9 Å². The first kappa shape index (κ1) is 22.9. The number of amides is 2. The molecular formula is C25H23F2N5O2. The lowest BCUT2D eigenvalue weighted by Crippen LogP contribution is -2.24. The van der Waals surface area contributed by atoms with Gasteiger partial charge in [0.15, 0.2) is 0 Å². The Balaban J connectivity index is 1.74. The number of carbonyl (C=O) groups is 1. The smallest absolute Gasteiger partial charge is 0.323 e. The van der Waals surface area contributed by atoms with Crippen LogP contribution in [0.3, 0.4) is 0 Å². The first-order chi connectivity index (χ1) is 16.3. The molecule has 0 unspecified atom stereocenters. The number of hydrogen-bond donors (Lipinski definition) is 3. The minimum atomic E-state index is -0.704. The van der Waals surface area contributed by atoms with Crippen molar-refractivity contribution < 1.29 is 13.6 Å². The van der Waals surface area contributed by atoms with Crippen LogP contribution in [0.4, 0.5) is 30.8 Å². The number of anilines is 3. The molecule has 0 saturated carbocycles. The summed E-state index contributed by atoms with van der Waals surface area (Å²) in [4.78, 5) is 30.1. The van der Waals surface area contributed by atoms with Crippen molar-refractivity contribution in [2.24, 2.45) is 0 Å². The molecular weight excluding hydrogens is 440 g/mol. The van der Waals surface area contributed by atoms with Crippen molar-refractivity contribution in [3.63, 3.8) is 0 Å². The molecule has 7 nitrogen and oxygen atoms in total. The van der Waals surface area contributed by atoms with Crippen LogP contribution in [0.5, 0.6) is 0 Å². The number of hydrogen-bond acceptors (Lipinski definition) is 4. The monoisotopic (exact) mass is 463 g/mol. The fraction of sp³-hybridized carbons (Fsp3) is 0.160. The van der Waals surface area contributed by atoms with Gasteiger partial charge in [0.2, 0.25) is 0 Å². The summed E-state index contributed by atoms with van der Waals surface area (Å²) < 4.78 is 29.2. The van der Waals surface area contributed by atoms with Crippen molar-refractivity contribution in [2.45, 2.75) is 20.3 Å². The first-order valence-electron chi connectivity index (χ1n) is 10.7. The van der Waals surface area contributed by atoms with Gasteiger partial charge in [-0.05, 0) is 66.8 Å². The maximum atomic E-state index is 14.7. The second-order valence-electron chi connectivity index (χ2n) is 7.75. The van der Waals surface area contributed by atoms with E-state index in [9.17, 15) is 18.4 Å². The zero-order chi connectivity index (χ0) is 24.4. The van der Waals surface area contributed by atoms with E-state index >= 15 is 0 Å². The number of carbonyl (C=O) groups excluding carboxylic acids is 1. The van der Waals surface area contributed by atoms with Gasteiger partial charge in [-0.1, -0.05) is 6.92 Å². The fourth-order valence-electron chi connectivity index (χ4n) is 3.78. The van der Waals surface area contributed by atoms with Gasteiger partial charge in [0.05, 0.1) is 11.4 Å². The van der Waals surface area contributed by atoms with Gasteiger partial charge in [-0.2, -0.15) is 0 Å². The molecule has 0 fully saturated rings. The minimum Gasteiger partial charge on any atom is -0.373 e. The lowest BCUT2D eigenvalue weighted by Gasteiger charge is -2.16. The second kappa shape index (κ2) is 9.30. The summed E-state index contributed by atoms with van der Waals surface area (Å²) in [5.74, 6) is -0.443. The number of benzene rings is 2. The van der Waals surface area contributed by atoms with Crippen LogP contribution in [-0.4, -0.2) is 22.6 Å². The van der Waals surface area contributed by atoms with Crippen LogP contribution in [0.15, 0.2) is 59.7 Å². The highest BCUT2D eigenvalue weighted by molar-refractivity contribution is 6.00. The highest BCUT2D eigenvalue weighted by atomic mass is 19.1. The van der Waals surface area contributed by atoms with Gasteiger partial charge in [0.1, 0.15) is 17.5 Å². The number of aryl methyl sites for hydroxylation is 2. The van der Waals surface area contributed by atoms with E-state index in [0.717, 1.165) is 10.8 Å². The number of nitrogens with zero attached hydrogens (tertiary/aromatic N) is 2. The molecule has 3 N–H and O–H groups in total. The van der Waals surface area contributed by atoms with Gasteiger partial charge >= 0.3 is 6.03 Å². The third-order valence-electron chi connectivity index (χ3n) is 5.51. The molecule has 174 valence electrons. The molecule has 0 saturated heterocycles. The van der Waals surface area contributed by atoms with E-state index in [1.165, 1.54) is 41.0 Å². The predicted molar refractivity (Wildman–Crippen MR) is 130 cm³/mol. The highest BCUT2D eigenvalue weighted by Gasteiger charge is 2.16. The Hall–Kier alpha value is -4.27. The summed E-state index contributed by atoms with van der Waals surface area (Å²) in [5, 5.41) is 9.49. The van der Waals surface area contributed by atoms with Crippen LogP contribution in [0, 0.1) is 18.6 Å². The Bertz CT molecular complexity index is 1450. The SMILES string of the molecule is CCc1c(=O)n(-c2cc(NC(=O)Nc3ccc(F)cc3)c(F)cc2C)cc2cnc(NC)cc12. The average Bonchev–Trinajstić information content (AvgIpc) is 2.82. The van der Waals surface area contributed by atoms with Crippen LogP contribution in [0.25, 0.3) is 16.5 Å². The number of aromatic nitrogens is 2. The lowest BCUT2D eigenvalue weighted by atomic mass is 10.1. The van der Waals surface area contributed by atoms with Crippen LogP contribution < -0.4 is 21.5 Å². The molecule has 2 aromatic heterocycles. The first-order valence-corrected chi connectivity index (χ1v) is 10.7. The van der Waals surface area contributed by atoms with Crippen molar-refractivity contribution in [3.8, 4) is 5.69 Å². The highest BCUT2D eigenvalue weighted by Crippen LogP contribution is 2.26. The average molecular weight is 463 g/mol. The Morgan fingerprint density at radius 2 is 1.82 bits per heavy atom. The van der Waals surface area contributed by atoms with E-state index in [1.807, 2.05) is 13.0 Å². The van der Waals surface area contributed by atoms with Gasteiger partial charge in [0, 0.05) is 36.1 Å². The summed E-state index contributed by atoms with van der Waals surface area (Å²) in [6, 6.07) is 8.97. The van der Waals surface area contributed by atoms with Gasteiger partial charge in [-0.3, -0.25) is 9.36 Å². The van der Waals surface area contributed by atoms with E-state index in [0.29, 0.717) is 34.7 Å². The number of pyridine rings is 2. The fourth-order valence-corrected chi connectivity index (χ4v) is 3.78. The number of nitrogens with one attached hydrogen (secondary N) is 3. The van der Waals surface area contributed by atoms with Crippen molar-refractivity contribution in [1.82, 2.24) is 9.55 Å². The molecule has 0 spiro atoms. The number of halogens is 2. The lowest BCUT2D eigenvalue weighted by molar-refractivity contribution is 0.262. The Morgan fingerprint density at radius 3 is 2.50 bits per heavy atom. The number of urea groups is 1. The molecule has 2 aromatic carbocycles. The maximum Gasteiger partial charge on any atom is 0.323 e. The summed E-state index contributed by atoms with van der Waals surface area (Å²) in [5.41, 5.74) is 1.55. The van der Waals surface area contributed by atoms with Gasteiger partial charge in [-0.25, -0.2) is 18.6 Å². The van der Waals surface area contributed by atoms with Gasteiger partial charge in [0.25, 0.3) is 5.56 Å². The number of rotatable bonds is 5. The molecule has 0 aliphatic rings. The molecule has 34 heavy (non-hydrogen) atoms. The van der Waals surface area contributed by atoms with Crippen molar-refractivity contribution in [3.05, 3.63) is 88.0 Å². The molecule has 0 atom stereocenters.